The topological polar surface area (TPSA) is 37.4 Å². The third kappa shape index (κ3) is 2.28. The predicted molar refractivity (Wildman–Crippen MR) is 76.7 cm³/mol. The second-order valence-electron chi connectivity index (χ2n) is 5.78. The Hall–Kier alpha value is -1.23. The van der Waals surface area contributed by atoms with E-state index in [1.807, 2.05) is 0 Å². The first-order valence-electron chi connectivity index (χ1n) is 6.82. The van der Waals surface area contributed by atoms with Crippen LogP contribution in [0.3, 0.4) is 0 Å². The summed E-state index contributed by atoms with van der Waals surface area (Å²) in [6.45, 7) is 0. The molecule has 1 spiro atoms. The smallest absolute Gasteiger partial charge is 0.234 e. The van der Waals surface area contributed by atoms with Gasteiger partial charge >= 0.3 is 0 Å². The number of hydrogen-bond acceptors (Lipinski definition) is 2. The van der Waals surface area contributed by atoms with Gasteiger partial charge in [0.1, 0.15) is 5.82 Å². The molecular formula is C15H15BrFNO2. The summed E-state index contributed by atoms with van der Waals surface area (Å²) in [4.78, 5) is 26.0. The zero-order chi connectivity index (χ0) is 14.3. The molecule has 20 heavy (non-hydrogen) atoms. The minimum absolute atomic E-state index is 0.114. The van der Waals surface area contributed by atoms with Crippen LogP contribution in [-0.2, 0) is 9.59 Å². The average Bonchev–Trinajstić information content (AvgIpc) is 2.79. The van der Waals surface area contributed by atoms with Gasteiger partial charge in [-0.3, -0.25) is 9.59 Å². The number of piperidine rings is 1. The molecular weight excluding hydrogens is 325 g/mol. The summed E-state index contributed by atoms with van der Waals surface area (Å²) in [6.07, 6.45) is 4.96. The number of anilines is 1. The number of carbonyl (C=O) groups is 2. The van der Waals surface area contributed by atoms with Crippen molar-refractivity contribution in [3.05, 3.63) is 28.5 Å². The number of halogens is 2. The summed E-state index contributed by atoms with van der Waals surface area (Å²) in [5, 5.41) is 0. The molecule has 1 heterocycles. The Labute approximate surface area is 125 Å². The monoisotopic (exact) mass is 339 g/mol. The highest BCUT2D eigenvalue weighted by molar-refractivity contribution is 9.10. The van der Waals surface area contributed by atoms with Gasteiger partial charge in [-0.25, -0.2) is 9.29 Å². The molecule has 0 radical (unpaired) electrons. The molecule has 2 amide bonds. The highest BCUT2D eigenvalue weighted by Crippen LogP contribution is 2.48. The highest BCUT2D eigenvalue weighted by Gasteiger charge is 2.45. The Morgan fingerprint density at radius 3 is 2.25 bits per heavy atom. The summed E-state index contributed by atoms with van der Waals surface area (Å²) < 4.78 is 13.6. The van der Waals surface area contributed by atoms with Crippen molar-refractivity contribution in [1.82, 2.24) is 0 Å². The van der Waals surface area contributed by atoms with Crippen LogP contribution in [0.2, 0.25) is 0 Å². The molecule has 5 heteroatoms. The molecule has 1 aliphatic heterocycles. The summed E-state index contributed by atoms with van der Waals surface area (Å²) in [7, 11) is 0. The van der Waals surface area contributed by atoms with Crippen molar-refractivity contribution in [1.29, 1.82) is 0 Å². The molecule has 1 saturated carbocycles. The molecule has 3 rings (SSSR count). The zero-order valence-corrected chi connectivity index (χ0v) is 12.6. The van der Waals surface area contributed by atoms with Crippen LogP contribution in [0.15, 0.2) is 22.7 Å². The van der Waals surface area contributed by atoms with Crippen molar-refractivity contribution >= 4 is 33.4 Å². The molecule has 1 aliphatic carbocycles. The Morgan fingerprint density at radius 1 is 1.10 bits per heavy atom. The number of hydrogen-bond donors (Lipinski definition) is 0. The number of nitrogens with zero attached hydrogens (tertiary/aromatic N) is 1. The second kappa shape index (κ2) is 4.95. The molecule has 2 aliphatic rings. The number of carbonyl (C=O) groups excluding carboxylic acids is 2. The van der Waals surface area contributed by atoms with Crippen LogP contribution < -0.4 is 4.90 Å². The second-order valence-corrected chi connectivity index (χ2v) is 6.63. The van der Waals surface area contributed by atoms with Crippen LogP contribution in [0.25, 0.3) is 0 Å². The van der Waals surface area contributed by atoms with Gasteiger partial charge in [0.25, 0.3) is 0 Å². The Bertz CT molecular complexity index is 561. The SMILES string of the molecule is O=C1CC2(CCCC2)CC(=O)N1c1ccc(F)cc1Br. The molecule has 0 atom stereocenters. The van der Waals surface area contributed by atoms with Crippen LogP contribution >= 0.6 is 15.9 Å². The average molecular weight is 340 g/mol. The predicted octanol–water partition coefficient (Wildman–Crippen LogP) is 3.80. The lowest BCUT2D eigenvalue weighted by atomic mass is 9.76. The van der Waals surface area contributed by atoms with Crippen LogP contribution in [0.1, 0.15) is 38.5 Å². The van der Waals surface area contributed by atoms with Gasteiger partial charge in [0.15, 0.2) is 0 Å². The summed E-state index contributed by atoms with van der Waals surface area (Å²) >= 11 is 3.23. The van der Waals surface area contributed by atoms with Crippen LogP contribution in [-0.4, -0.2) is 11.8 Å². The molecule has 1 aromatic rings. The normalized spacial score (nSPS) is 21.8. The Balaban J connectivity index is 1.91. The summed E-state index contributed by atoms with van der Waals surface area (Å²) in [6, 6.07) is 4.01. The summed E-state index contributed by atoms with van der Waals surface area (Å²) in [5.41, 5.74) is 0.325. The van der Waals surface area contributed by atoms with Crippen molar-refractivity contribution in [2.24, 2.45) is 5.41 Å². The van der Waals surface area contributed by atoms with E-state index in [-0.39, 0.29) is 17.2 Å². The maximum Gasteiger partial charge on any atom is 0.234 e. The van der Waals surface area contributed by atoms with E-state index in [0.717, 1.165) is 25.7 Å². The van der Waals surface area contributed by atoms with Gasteiger partial charge in [-0.05, 0) is 52.4 Å². The van der Waals surface area contributed by atoms with Crippen molar-refractivity contribution < 1.29 is 14.0 Å². The first kappa shape index (κ1) is 13.7. The Kier molecular flexibility index (Phi) is 3.40. The van der Waals surface area contributed by atoms with Crippen molar-refractivity contribution in [3.63, 3.8) is 0 Å². The largest absolute Gasteiger partial charge is 0.274 e. The lowest BCUT2D eigenvalue weighted by Crippen LogP contribution is -2.47. The van der Waals surface area contributed by atoms with Gasteiger partial charge in [0.05, 0.1) is 5.69 Å². The maximum atomic E-state index is 13.1. The van der Waals surface area contributed by atoms with Gasteiger partial charge < -0.3 is 0 Å². The summed E-state index contributed by atoms with van der Waals surface area (Å²) in [5.74, 6) is -0.740. The first-order chi connectivity index (χ1) is 9.51. The number of imide groups is 1. The van der Waals surface area contributed by atoms with Gasteiger partial charge in [0.2, 0.25) is 11.8 Å². The molecule has 106 valence electrons. The number of benzene rings is 1. The molecule has 0 aromatic heterocycles. The maximum absolute atomic E-state index is 13.1. The van der Waals surface area contributed by atoms with E-state index in [2.05, 4.69) is 15.9 Å². The third-order valence-electron chi connectivity index (χ3n) is 4.37. The molecule has 0 unspecified atom stereocenters. The van der Waals surface area contributed by atoms with E-state index in [1.54, 1.807) is 0 Å². The molecule has 1 saturated heterocycles. The fourth-order valence-electron chi connectivity index (χ4n) is 3.41. The molecule has 0 N–H and O–H groups in total. The van der Waals surface area contributed by atoms with Crippen molar-refractivity contribution in [3.8, 4) is 0 Å². The lowest BCUT2D eigenvalue weighted by Gasteiger charge is -2.37. The number of amides is 2. The van der Waals surface area contributed by atoms with Crippen molar-refractivity contribution in [2.45, 2.75) is 38.5 Å². The molecule has 2 fully saturated rings. The Morgan fingerprint density at radius 2 is 1.70 bits per heavy atom. The standard InChI is InChI=1S/C15H15BrFNO2/c16-11-7-10(17)3-4-12(11)18-13(19)8-15(9-14(18)20)5-1-2-6-15/h3-4,7H,1-2,5-6,8-9H2. The number of rotatable bonds is 1. The quantitative estimate of drug-likeness (QED) is 0.729. The molecule has 1 aromatic carbocycles. The van der Waals surface area contributed by atoms with Crippen LogP contribution in [0, 0.1) is 11.2 Å². The van der Waals surface area contributed by atoms with Crippen LogP contribution in [0.5, 0.6) is 0 Å². The van der Waals surface area contributed by atoms with E-state index in [9.17, 15) is 14.0 Å². The van der Waals surface area contributed by atoms with Gasteiger partial charge in [0, 0.05) is 17.3 Å². The van der Waals surface area contributed by atoms with E-state index < -0.39 is 5.82 Å². The zero-order valence-electron chi connectivity index (χ0n) is 11.0. The fraction of sp³-hybridized carbons (Fsp3) is 0.467. The van der Waals surface area contributed by atoms with Gasteiger partial charge in [-0.2, -0.15) is 0 Å². The minimum Gasteiger partial charge on any atom is -0.274 e. The van der Waals surface area contributed by atoms with E-state index in [0.29, 0.717) is 23.0 Å². The van der Waals surface area contributed by atoms with Gasteiger partial charge in [-0.1, -0.05) is 12.8 Å². The van der Waals surface area contributed by atoms with E-state index in [1.165, 1.54) is 23.1 Å². The van der Waals surface area contributed by atoms with Crippen molar-refractivity contribution in [2.75, 3.05) is 4.90 Å². The minimum atomic E-state index is -0.398. The van der Waals surface area contributed by atoms with Crippen LogP contribution in [0.4, 0.5) is 10.1 Å². The van der Waals surface area contributed by atoms with E-state index in [4.69, 9.17) is 0 Å². The van der Waals surface area contributed by atoms with E-state index >= 15 is 0 Å². The molecule has 3 nitrogen and oxygen atoms in total. The lowest BCUT2D eigenvalue weighted by molar-refractivity contribution is -0.133. The first-order valence-corrected chi connectivity index (χ1v) is 7.61. The third-order valence-corrected chi connectivity index (χ3v) is 5.00. The van der Waals surface area contributed by atoms with Gasteiger partial charge in [-0.15, -0.1) is 0 Å². The fourth-order valence-corrected chi connectivity index (χ4v) is 3.94. The molecule has 0 bridgehead atoms. The highest BCUT2D eigenvalue weighted by atomic mass is 79.9.